The third kappa shape index (κ3) is 3.56. The van der Waals surface area contributed by atoms with Gasteiger partial charge in [-0.1, -0.05) is 18.2 Å². The predicted octanol–water partition coefficient (Wildman–Crippen LogP) is 3.53. The molecule has 0 aliphatic heterocycles. The van der Waals surface area contributed by atoms with Gasteiger partial charge in [-0.3, -0.25) is 9.25 Å². The van der Waals surface area contributed by atoms with E-state index in [1.807, 2.05) is 37.6 Å². The van der Waals surface area contributed by atoms with E-state index in [-0.39, 0.29) is 12.1 Å². The van der Waals surface area contributed by atoms with E-state index in [0.29, 0.717) is 12.2 Å². The zero-order chi connectivity index (χ0) is 21.4. The Morgan fingerprint density at radius 2 is 1.60 bits per heavy atom. The van der Waals surface area contributed by atoms with Crippen LogP contribution in [0.5, 0.6) is 0 Å². The molecule has 0 saturated carbocycles. The van der Waals surface area contributed by atoms with Crippen LogP contribution in [0.15, 0.2) is 53.6 Å². The van der Waals surface area contributed by atoms with E-state index in [1.165, 1.54) is 27.2 Å². The van der Waals surface area contributed by atoms with E-state index in [0.717, 1.165) is 29.1 Å². The van der Waals surface area contributed by atoms with Crippen LogP contribution in [0.4, 0.5) is 8.78 Å². The molecule has 8 heteroatoms. The fourth-order valence-electron chi connectivity index (χ4n) is 3.33. The first-order chi connectivity index (χ1) is 14.3. The quantitative estimate of drug-likeness (QED) is 0.507. The summed E-state index contributed by atoms with van der Waals surface area (Å²) in [6.45, 7) is 6.46. The Bertz CT molecular complexity index is 1250. The molecule has 0 radical (unpaired) electrons. The Balaban J connectivity index is 1.56. The van der Waals surface area contributed by atoms with Crippen molar-refractivity contribution in [3.05, 3.63) is 99.0 Å². The Kier molecular flexibility index (Phi) is 5.07. The average Bonchev–Trinajstić information content (AvgIpc) is 3.20. The van der Waals surface area contributed by atoms with E-state index >= 15 is 0 Å². The summed E-state index contributed by atoms with van der Waals surface area (Å²) in [4.78, 5) is 12.7. The van der Waals surface area contributed by atoms with Gasteiger partial charge in [-0.05, 0) is 56.2 Å². The maximum atomic E-state index is 13.9. The Hall–Kier alpha value is -3.55. The molecule has 0 fully saturated rings. The van der Waals surface area contributed by atoms with Gasteiger partial charge in [0, 0.05) is 11.3 Å². The number of aryl methyl sites for hydroxylation is 1. The number of halogens is 2. The summed E-state index contributed by atoms with van der Waals surface area (Å²) in [5, 5.41) is 8.63. The van der Waals surface area contributed by atoms with E-state index < -0.39 is 17.3 Å². The number of aromatic nitrogens is 5. The van der Waals surface area contributed by atoms with Crippen molar-refractivity contribution in [2.75, 3.05) is 0 Å². The molecule has 0 amide bonds. The number of hydrogen-bond acceptors (Lipinski definition) is 3. The predicted molar refractivity (Wildman–Crippen MR) is 109 cm³/mol. The molecule has 0 atom stereocenters. The monoisotopic (exact) mass is 409 g/mol. The van der Waals surface area contributed by atoms with Crippen molar-refractivity contribution < 1.29 is 8.78 Å². The van der Waals surface area contributed by atoms with Crippen molar-refractivity contribution in [1.82, 2.24) is 24.1 Å². The van der Waals surface area contributed by atoms with Crippen LogP contribution >= 0.6 is 0 Å². The fourth-order valence-corrected chi connectivity index (χ4v) is 3.33. The van der Waals surface area contributed by atoms with Gasteiger partial charge >= 0.3 is 5.69 Å². The van der Waals surface area contributed by atoms with Crippen molar-refractivity contribution in [3.8, 4) is 5.69 Å². The van der Waals surface area contributed by atoms with Gasteiger partial charge in [0.2, 0.25) is 0 Å². The Morgan fingerprint density at radius 1 is 0.933 bits per heavy atom. The van der Waals surface area contributed by atoms with Crippen LogP contribution < -0.4 is 5.69 Å². The summed E-state index contributed by atoms with van der Waals surface area (Å²) in [6, 6.07) is 11.0. The zero-order valence-corrected chi connectivity index (χ0v) is 16.9. The number of nitrogens with zero attached hydrogens (tertiary/aromatic N) is 5. The van der Waals surface area contributed by atoms with Gasteiger partial charge in [0.15, 0.2) is 0 Å². The molecule has 2 aromatic heterocycles. The van der Waals surface area contributed by atoms with Gasteiger partial charge in [0.25, 0.3) is 0 Å². The van der Waals surface area contributed by atoms with Crippen LogP contribution in [0, 0.1) is 32.4 Å². The summed E-state index contributed by atoms with van der Waals surface area (Å²) in [7, 11) is 0. The highest BCUT2D eigenvalue weighted by atomic mass is 19.1. The average molecular weight is 409 g/mol. The second-order valence-electron chi connectivity index (χ2n) is 7.27. The van der Waals surface area contributed by atoms with Gasteiger partial charge in [-0.25, -0.2) is 13.6 Å². The number of hydrogen-bond donors (Lipinski definition) is 0. The topological polar surface area (TPSA) is 57.6 Å². The second-order valence-corrected chi connectivity index (χ2v) is 7.27. The molecule has 0 unspecified atom stereocenters. The SMILES string of the molecule is Cc1nn(Cc2ccc(-n3ncn(Cc4c(F)cccc4F)c3=O)cc2)c(C)c1C. The molecule has 0 spiro atoms. The maximum Gasteiger partial charge on any atom is 0.350 e. The van der Waals surface area contributed by atoms with Crippen LogP contribution in [0.1, 0.15) is 28.1 Å². The van der Waals surface area contributed by atoms with Crippen molar-refractivity contribution in [3.63, 3.8) is 0 Å². The lowest BCUT2D eigenvalue weighted by atomic mass is 10.2. The summed E-state index contributed by atoms with van der Waals surface area (Å²) in [6.07, 6.45) is 1.28. The minimum atomic E-state index is -0.696. The summed E-state index contributed by atoms with van der Waals surface area (Å²) in [5.41, 5.74) is 4.26. The highest BCUT2D eigenvalue weighted by molar-refractivity contribution is 5.34. The third-order valence-electron chi connectivity index (χ3n) is 5.38. The number of rotatable bonds is 5. The first kappa shape index (κ1) is 19.8. The molecule has 0 bridgehead atoms. The van der Waals surface area contributed by atoms with E-state index in [1.54, 1.807) is 12.1 Å². The van der Waals surface area contributed by atoms with Crippen molar-refractivity contribution in [2.45, 2.75) is 33.9 Å². The largest absolute Gasteiger partial charge is 0.350 e. The van der Waals surface area contributed by atoms with Crippen LogP contribution in [-0.2, 0) is 13.1 Å². The standard InChI is InChI=1S/C22H21F2N5O/c1-14-15(2)26-28(16(14)3)11-17-7-9-18(10-8-17)29-22(30)27(13-25-29)12-19-20(23)5-4-6-21(19)24/h4-10,13H,11-12H2,1-3H3. The third-order valence-corrected chi connectivity index (χ3v) is 5.38. The Labute approximate surface area is 172 Å². The van der Waals surface area contributed by atoms with Crippen LogP contribution in [0.2, 0.25) is 0 Å². The maximum absolute atomic E-state index is 13.9. The van der Waals surface area contributed by atoms with Gasteiger partial charge < -0.3 is 0 Å². The van der Waals surface area contributed by atoms with Crippen molar-refractivity contribution in [2.24, 2.45) is 0 Å². The van der Waals surface area contributed by atoms with Crippen molar-refractivity contribution >= 4 is 0 Å². The molecule has 4 rings (SSSR count). The van der Waals surface area contributed by atoms with Gasteiger partial charge in [0.05, 0.1) is 24.5 Å². The molecule has 0 aliphatic rings. The molecular weight excluding hydrogens is 388 g/mol. The lowest BCUT2D eigenvalue weighted by Gasteiger charge is -2.07. The summed E-state index contributed by atoms with van der Waals surface area (Å²) in [5.74, 6) is -1.39. The van der Waals surface area contributed by atoms with Crippen molar-refractivity contribution in [1.29, 1.82) is 0 Å². The molecule has 30 heavy (non-hydrogen) atoms. The Morgan fingerprint density at radius 3 is 2.20 bits per heavy atom. The van der Waals surface area contributed by atoms with Gasteiger partial charge in [-0.2, -0.15) is 14.9 Å². The minimum Gasteiger partial charge on any atom is -0.276 e. The van der Waals surface area contributed by atoms with Gasteiger partial charge in [-0.15, -0.1) is 0 Å². The first-order valence-electron chi connectivity index (χ1n) is 9.52. The van der Waals surface area contributed by atoms with Crippen LogP contribution in [-0.4, -0.2) is 24.1 Å². The minimum absolute atomic E-state index is 0.172. The van der Waals surface area contributed by atoms with E-state index in [9.17, 15) is 13.6 Å². The molecule has 0 N–H and O–H groups in total. The van der Waals surface area contributed by atoms with Crippen LogP contribution in [0.3, 0.4) is 0 Å². The molecule has 2 aromatic carbocycles. The highest BCUT2D eigenvalue weighted by Crippen LogP contribution is 2.15. The molecular formula is C22H21F2N5O. The van der Waals surface area contributed by atoms with Crippen LogP contribution in [0.25, 0.3) is 5.69 Å². The zero-order valence-electron chi connectivity index (χ0n) is 16.9. The lowest BCUT2D eigenvalue weighted by molar-refractivity contribution is 0.541. The molecule has 0 aliphatic carbocycles. The summed E-state index contributed by atoms with van der Waals surface area (Å²) >= 11 is 0. The molecule has 154 valence electrons. The van der Waals surface area contributed by atoms with Gasteiger partial charge in [0.1, 0.15) is 18.0 Å². The smallest absolute Gasteiger partial charge is 0.276 e. The summed E-state index contributed by atoms with van der Waals surface area (Å²) < 4.78 is 32.1. The normalized spacial score (nSPS) is 11.2. The second kappa shape index (κ2) is 7.70. The fraction of sp³-hybridized carbons (Fsp3) is 0.227. The molecule has 0 saturated heterocycles. The highest BCUT2D eigenvalue weighted by Gasteiger charge is 2.13. The van der Waals surface area contributed by atoms with E-state index in [4.69, 9.17) is 0 Å². The molecule has 6 nitrogen and oxygen atoms in total. The molecule has 2 heterocycles. The lowest BCUT2D eigenvalue weighted by Crippen LogP contribution is -2.24. The number of benzene rings is 2. The first-order valence-corrected chi connectivity index (χ1v) is 9.52. The molecule has 4 aromatic rings. The van der Waals surface area contributed by atoms with E-state index in [2.05, 4.69) is 10.2 Å².